The Morgan fingerprint density at radius 3 is 3.00 bits per heavy atom. The monoisotopic (exact) mass is 402 g/mol. The molecular weight excluding hydrogens is 380 g/mol. The summed E-state index contributed by atoms with van der Waals surface area (Å²) in [4.78, 5) is 7.19. The van der Waals surface area contributed by atoms with Crippen LogP contribution in [-0.2, 0) is 6.54 Å². The Bertz CT molecular complexity index is 1170. The lowest BCUT2D eigenvalue weighted by atomic mass is 9.97. The van der Waals surface area contributed by atoms with Crippen LogP contribution >= 0.6 is 0 Å². The van der Waals surface area contributed by atoms with Gasteiger partial charge in [-0.25, -0.2) is 4.98 Å². The summed E-state index contributed by atoms with van der Waals surface area (Å²) in [6.45, 7) is 3.09. The number of para-hydroxylation sites is 2. The predicted octanol–water partition coefficient (Wildman–Crippen LogP) is 4.33. The SMILES string of the molecule is c1ccc2oc([C@@H]3CCCN(Cc4cn[nH]c4-c4ccc5c(c4)OCO5)C3)nc2c1. The van der Waals surface area contributed by atoms with Crippen molar-refractivity contribution in [3.8, 4) is 22.8 Å². The Morgan fingerprint density at radius 2 is 2.03 bits per heavy atom. The molecule has 7 heteroatoms. The number of nitrogens with one attached hydrogen (secondary N) is 1. The molecule has 2 aliphatic rings. The van der Waals surface area contributed by atoms with E-state index in [0.29, 0.717) is 5.92 Å². The number of aromatic nitrogens is 3. The van der Waals surface area contributed by atoms with Crippen molar-refractivity contribution in [1.29, 1.82) is 0 Å². The molecule has 1 atom stereocenters. The van der Waals surface area contributed by atoms with E-state index in [4.69, 9.17) is 18.9 Å². The van der Waals surface area contributed by atoms with Crippen LogP contribution in [0.15, 0.2) is 53.1 Å². The molecule has 4 aromatic rings. The van der Waals surface area contributed by atoms with Gasteiger partial charge in [-0.3, -0.25) is 10.00 Å². The van der Waals surface area contributed by atoms with Crippen LogP contribution in [0.1, 0.15) is 30.2 Å². The second-order valence-electron chi connectivity index (χ2n) is 7.93. The van der Waals surface area contributed by atoms with Crippen LogP contribution in [0.2, 0.25) is 0 Å². The first-order chi connectivity index (χ1) is 14.8. The zero-order valence-corrected chi connectivity index (χ0v) is 16.5. The van der Waals surface area contributed by atoms with E-state index in [0.717, 1.165) is 72.2 Å². The Hall–Kier alpha value is -3.32. The largest absolute Gasteiger partial charge is 0.454 e. The average Bonchev–Trinajstić information content (AvgIpc) is 3.52. The molecule has 0 unspecified atom stereocenters. The number of hydrogen-bond donors (Lipinski definition) is 1. The van der Waals surface area contributed by atoms with Crippen molar-refractivity contribution in [3.05, 3.63) is 60.1 Å². The van der Waals surface area contributed by atoms with Crippen LogP contribution < -0.4 is 9.47 Å². The van der Waals surface area contributed by atoms with Gasteiger partial charge >= 0.3 is 0 Å². The summed E-state index contributed by atoms with van der Waals surface area (Å²) >= 11 is 0. The van der Waals surface area contributed by atoms with E-state index in [-0.39, 0.29) is 6.79 Å². The van der Waals surface area contributed by atoms with Crippen molar-refractivity contribution in [2.75, 3.05) is 19.9 Å². The van der Waals surface area contributed by atoms with Crippen LogP contribution in [0.3, 0.4) is 0 Å². The molecule has 2 aliphatic heterocycles. The van der Waals surface area contributed by atoms with Crippen LogP contribution in [-0.4, -0.2) is 40.0 Å². The first kappa shape index (κ1) is 17.5. The molecule has 0 saturated carbocycles. The molecule has 1 N–H and O–H groups in total. The molecule has 152 valence electrons. The molecule has 30 heavy (non-hydrogen) atoms. The van der Waals surface area contributed by atoms with Crippen molar-refractivity contribution >= 4 is 11.1 Å². The number of H-pyrrole nitrogens is 1. The van der Waals surface area contributed by atoms with E-state index in [2.05, 4.69) is 15.1 Å². The third-order valence-electron chi connectivity index (χ3n) is 5.94. The minimum absolute atomic E-state index is 0.277. The van der Waals surface area contributed by atoms with Crippen molar-refractivity contribution in [1.82, 2.24) is 20.1 Å². The van der Waals surface area contributed by atoms with Crippen molar-refractivity contribution in [2.24, 2.45) is 0 Å². The van der Waals surface area contributed by atoms with Gasteiger partial charge in [0.05, 0.1) is 11.9 Å². The number of hydrogen-bond acceptors (Lipinski definition) is 6. The lowest BCUT2D eigenvalue weighted by Gasteiger charge is -2.31. The van der Waals surface area contributed by atoms with E-state index in [1.54, 1.807) is 0 Å². The van der Waals surface area contributed by atoms with Gasteiger partial charge in [0.2, 0.25) is 6.79 Å². The summed E-state index contributed by atoms with van der Waals surface area (Å²) in [5.41, 5.74) is 5.05. The van der Waals surface area contributed by atoms with Crippen LogP contribution in [0.5, 0.6) is 11.5 Å². The Balaban J connectivity index is 1.21. The van der Waals surface area contributed by atoms with Gasteiger partial charge in [-0.15, -0.1) is 0 Å². The summed E-state index contributed by atoms with van der Waals surface area (Å²) in [5, 5.41) is 7.47. The molecule has 0 amide bonds. The lowest BCUT2D eigenvalue weighted by Crippen LogP contribution is -2.34. The Morgan fingerprint density at radius 1 is 1.10 bits per heavy atom. The van der Waals surface area contributed by atoms with Crippen molar-refractivity contribution in [2.45, 2.75) is 25.3 Å². The highest BCUT2D eigenvalue weighted by molar-refractivity contribution is 5.72. The Kier molecular flexibility index (Phi) is 4.19. The second-order valence-corrected chi connectivity index (χ2v) is 7.93. The minimum atomic E-state index is 0.277. The first-order valence-corrected chi connectivity index (χ1v) is 10.3. The maximum absolute atomic E-state index is 6.04. The van der Waals surface area contributed by atoms with Gasteiger partial charge in [0.1, 0.15) is 5.52 Å². The summed E-state index contributed by atoms with van der Waals surface area (Å²) in [6.07, 6.45) is 4.15. The molecule has 6 rings (SSSR count). The highest BCUT2D eigenvalue weighted by Gasteiger charge is 2.26. The fraction of sp³-hybridized carbons (Fsp3) is 0.304. The number of piperidine rings is 1. The molecule has 0 bridgehead atoms. The zero-order valence-electron chi connectivity index (χ0n) is 16.5. The maximum Gasteiger partial charge on any atom is 0.231 e. The topological polar surface area (TPSA) is 76.4 Å². The van der Waals surface area contributed by atoms with E-state index >= 15 is 0 Å². The quantitative estimate of drug-likeness (QED) is 0.548. The van der Waals surface area contributed by atoms with E-state index in [1.165, 1.54) is 5.56 Å². The van der Waals surface area contributed by atoms with Gasteiger partial charge in [0.15, 0.2) is 23.0 Å². The molecule has 2 aromatic carbocycles. The summed E-state index contributed by atoms with van der Waals surface area (Å²) in [7, 11) is 0. The Labute approximate surface area is 173 Å². The molecule has 4 heterocycles. The van der Waals surface area contributed by atoms with Crippen LogP contribution in [0.4, 0.5) is 0 Å². The molecule has 0 radical (unpaired) electrons. The van der Waals surface area contributed by atoms with Crippen LogP contribution in [0, 0.1) is 0 Å². The van der Waals surface area contributed by atoms with Crippen molar-refractivity contribution < 1.29 is 13.9 Å². The van der Waals surface area contributed by atoms with Gasteiger partial charge in [-0.05, 0) is 49.7 Å². The van der Waals surface area contributed by atoms with Crippen molar-refractivity contribution in [3.63, 3.8) is 0 Å². The third kappa shape index (κ3) is 3.11. The normalized spacial score (nSPS) is 18.9. The van der Waals surface area contributed by atoms with Gasteiger partial charge < -0.3 is 13.9 Å². The van der Waals surface area contributed by atoms with E-state index in [1.807, 2.05) is 48.7 Å². The number of fused-ring (bicyclic) bond motifs is 2. The fourth-order valence-electron chi connectivity index (χ4n) is 4.44. The van der Waals surface area contributed by atoms with Crippen LogP contribution in [0.25, 0.3) is 22.4 Å². The molecule has 0 spiro atoms. The zero-order chi connectivity index (χ0) is 19.9. The maximum atomic E-state index is 6.04. The lowest BCUT2D eigenvalue weighted by molar-refractivity contribution is 0.174. The minimum Gasteiger partial charge on any atom is -0.454 e. The van der Waals surface area contributed by atoms with E-state index < -0.39 is 0 Å². The number of aromatic amines is 1. The number of likely N-dealkylation sites (tertiary alicyclic amines) is 1. The molecule has 0 aliphatic carbocycles. The number of ether oxygens (including phenoxy) is 2. The van der Waals surface area contributed by atoms with Gasteiger partial charge in [-0.1, -0.05) is 12.1 Å². The number of benzene rings is 2. The molecule has 1 saturated heterocycles. The number of oxazole rings is 1. The summed E-state index contributed by atoms with van der Waals surface area (Å²) in [5.74, 6) is 2.73. The highest BCUT2D eigenvalue weighted by Crippen LogP contribution is 2.37. The molecule has 2 aromatic heterocycles. The average molecular weight is 402 g/mol. The first-order valence-electron chi connectivity index (χ1n) is 10.3. The second kappa shape index (κ2) is 7.18. The standard InChI is InChI=1S/C23H22N4O3/c1-2-6-19-18(5-1)25-23(30-19)16-4-3-9-27(12-16)13-17-11-24-26-22(17)15-7-8-20-21(10-15)29-14-28-20/h1-2,5-8,10-11,16H,3-4,9,12-14H2,(H,24,26)/t16-/m1/s1. The fourth-order valence-corrected chi connectivity index (χ4v) is 4.44. The smallest absolute Gasteiger partial charge is 0.231 e. The third-order valence-corrected chi connectivity index (χ3v) is 5.94. The predicted molar refractivity (Wildman–Crippen MR) is 111 cm³/mol. The summed E-state index contributed by atoms with van der Waals surface area (Å²) < 4.78 is 17.0. The number of rotatable bonds is 4. The molecule has 1 fully saturated rings. The summed E-state index contributed by atoms with van der Waals surface area (Å²) in [6, 6.07) is 14.0. The molecular formula is C23H22N4O3. The van der Waals surface area contributed by atoms with E-state index in [9.17, 15) is 0 Å². The van der Waals surface area contributed by atoms with Gasteiger partial charge in [0.25, 0.3) is 0 Å². The number of nitrogens with zero attached hydrogens (tertiary/aromatic N) is 3. The van der Waals surface area contributed by atoms with Gasteiger partial charge in [0, 0.05) is 30.1 Å². The highest BCUT2D eigenvalue weighted by atomic mass is 16.7. The molecule has 7 nitrogen and oxygen atoms in total. The van der Waals surface area contributed by atoms with Gasteiger partial charge in [-0.2, -0.15) is 5.10 Å².